The first-order valence-electron chi connectivity index (χ1n) is 11.1. The van der Waals surface area contributed by atoms with Gasteiger partial charge >= 0.3 is 0 Å². The molecule has 164 valence electrons. The van der Waals surface area contributed by atoms with Crippen molar-refractivity contribution in [3.8, 4) is 0 Å². The van der Waals surface area contributed by atoms with E-state index in [0.717, 1.165) is 25.2 Å². The summed E-state index contributed by atoms with van der Waals surface area (Å²) in [4.78, 5) is 5.93. The fourth-order valence-electron chi connectivity index (χ4n) is 4.97. The maximum atomic E-state index is 12.1. The second kappa shape index (κ2) is 7.97. The maximum absolute atomic E-state index is 12.1. The molecule has 1 aromatic heterocycles. The third-order valence-corrected chi connectivity index (χ3v) is 8.57. The van der Waals surface area contributed by atoms with Crippen molar-refractivity contribution >= 4 is 26.6 Å². The topological polar surface area (TPSA) is 68.4 Å². The van der Waals surface area contributed by atoms with Crippen LogP contribution in [0.3, 0.4) is 0 Å². The van der Waals surface area contributed by atoms with Crippen molar-refractivity contribution in [1.29, 1.82) is 0 Å². The molecule has 3 heterocycles. The predicted octanol–water partition coefficient (Wildman–Crippen LogP) is 3.26. The van der Waals surface area contributed by atoms with E-state index in [1.807, 2.05) is 0 Å². The zero-order valence-corrected chi connectivity index (χ0v) is 19.0. The van der Waals surface area contributed by atoms with Gasteiger partial charge in [-0.05, 0) is 49.6 Å². The number of nitrogens with one attached hydrogen (secondary N) is 2. The minimum absolute atomic E-state index is 0.145. The summed E-state index contributed by atoms with van der Waals surface area (Å²) in [5.41, 5.74) is 6.29. The van der Waals surface area contributed by atoms with Crippen LogP contribution in [0.5, 0.6) is 0 Å². The van der Waals surface area contributed by atoms with Crippen molar-refractivity contribution in [3.05, 3.63) is 65.4 Å². The van der Waals surface area contributed by atoms with Crippen LogP contribution < -0.4 is 10.2 Å². The second-order valence-corrected chi connectivity index (χ2v) is 10.9. The minimum Gasteiger partial charge on any atom is -0.369 e. The lowest BCUT2D eigenvalue weighted by Crippen LogP contribution is -2.49. The van der Waals surface area contributed by atoms with Crippen molar-refractivity contribution in [2.24, 2.45) is 0 Å². The molecule has 5 rings (SSSR count). The van der Waals surface area contributed by atoms with Gasteiger partial charge < -0.3 is 15.2 Å². The molecule has 2 aromatic carbocycles. The number of rotatable bonds is 4. The molecule has 1 fully saturated rings. The van der Waals surface area contributed by atoms with Gasteiger partial charge in [0.2, 0.25) is 10.0 Å². The van der Waals surface area contributed by atoms with E-state index in [2.05, 4.69) is 70.7 Å². The van der Waals surface area contributed by atoms with E-state index in [1.165, 1.54) is 27.7 Å². The lowest BCUT2D eigenvalue weighted by atomic mass is 9.91. The molecule has 0 amide bonds. The highest BCUT2D eigenvalue weighted by molar-refractivity contribution is 7.89. The summed E-state index contributed by atoms with van der Waals surface area (Å²) in [6, 6.07) is 17.8. The van der Waals surface area contributed by atoms with Crippen molar-refractivity contribution in [1.82, 2.24) is 14.6 Å². The van der Waals surface area contributed by atoms with Gasteiger partial charge in [-0.1, -0.05) is 30.3 Å². The molecular weight excluding hydrogens is 408 g/mol. The number of fused-ring (bicyclic) bond motifs is 3. The summed E-state index contributed by atoms with van der Waals surface area (Å²) >= 11 is 0. The molecule has 0 spiro atoms. The van der Waals surface area contributed by atoms with Crippen LogP contribution in [0.15, 0.2) is 48.5 Å². The van der Waals surface area contributed by atoms with Crippen LogP contribution in [0.25, 0.3) is 10.9 Å². The van der Waals surface area contributed by atoms with Crippen molar-refractivity contribution in [3.63, 3.8) is 0 Å². The minimum atomic E-state index is -3.10. The number of anilines is 1. The highest BCUT2D eigenvalue weighted by Crippen LogP contribution is 2.35. The first-order valence-corrected chi connectivity index (χ1v) is 12.8. The van der Waals surface area contributed by atoms with Gasteiger partial charge in [-0.25, -0.2) is 8.42 Å². The monoisotopic (exact) mass is 438 g/mol. The van der Waals surface area contributed by atoms with E-state index < -0.39 is 10.0 Å². The number of para-hydroxylation sites is 1. The molecule has 31 heavy (non-hydrogen) atoms. The van der Waals surface area contributed by atoms with Crippen LogP contribution >= 0.6 is 0 Å². The van der Waals surface area contributed by atoms with Gasteiger partial charge in [0, 0.05) is 54.5 Å². The third-order valence-electron chi connectivity index (χ3n) is 6.69. The number of aromatic amines is 1. The number of nitrogens with zero attached hydrogens (tertiary/aromatic N) is 2. The van der Waals surface area contributed by atoms with Crippen LogP contribution in [0.2, 0.25) is 0 Å². The number of hydrogen-bond donors (Lipinski definition) is 2. The predicted molar refractivity (Wildman–Crippen MR) is 126 cm³/mol. The summed E-state index contributed by atoms with van der Waals surface area (Å²) in [5.74, 6) is 0.171. The lowest BCUT2D eigenvalue weighted by Gasteiger charge is -2.35. The van der Waals surface area contributed by atoms with E-state index in [1.54, 1.807) is 11.2 Å². The summed E-state index contributed by atoms with van der Waals surface area (Å²) in [6.45, 7) is 6.51. The van der Waals surface area contributed by atoms with Gasteiger partial charge in [0.1, 0.15) is 0 Å². The van der Waals surface area contributed by atoms with Gasteiger partial charge in [0.15, 0.2) is 0 Å². The molecule has 6 nitrogen and oxygen atoms in total. The molecule has 0 saturated carbocycles. The fourth-order valence-corrected chi connectivity index (χ4v) is 6.05. The quantitative estimate of drug-likeness (QED) is 0.656. The van der Waals surface area contributed by atoms with Crippen LogP contribution in [0.4, 0.5) is 5.69 Å². The third kappa shape index (κ3) is 3.75. The maximum Gasteiger partial charge on any atom is 0.213 e. The summed E-state index contributed by atoms with van der Waals surface area (Å²) in [5, 5.41) is 5.09. The molecule has 7 heteroatoms. The smallest absolute Gasteiger partial charge is 0.213 e. The van der Waals surface area contributed by atoms with Crippen molar-refractivity contribution < 1.29 is 8.42 Å². The molecule has 1 unspecified atom stereocenters. The number of hydrogen-bond acceptors (Lipinski definition) is 4. The standard InChI is InChI=1S/C24H30N4O2S/c1-3-31(29,30)28-14-12-27(13-15-28)19-10-8-18(9-11-19)23-24-21(16-17(2)25-23)20-6-4-5-7-22(20)26-24/h4-11,17,23,25-26H,3,12-16H2,1-2H3/t17-,23?/m0/s1. The molecule has 2 aliphatic rings. The average Bonchev–Trinajstić information content (AvgIpc) is 3.17. The normalized spacial score (nSPS) is 22.6. The molecule has 3 aromatic rings. The number of aromatic nitrogens is 1. The van der Waals surface area contributed by atoms with Crippen LogP contribution in [0, 0.1) is 0 Å². The van der Waals surface area contributed by atoms with Gasteiger partial charge in [-0.2, -0.15) is 4.31 Å². The summed E-state index contributed by atoms with van der Waals surface area (Å²) < 4.78 is 25.8. The van der Waals surface area contributed by atoms with E-state index >= 15 is 0 Å². The van der Waals surface area contributed by atoms with E-state index in [0.29, 0.717) is 19.1 Å². The SMILES string of the molecule is CCS(=O)(=O)N1CCN(c2ccc(C3N[C@@H](C)Cc4c3[nH]c3ccccc43)cc2)CC1. The Morgan fingerprint density at radius 2 is 1.71 bits per heavy atom. The van der Waals surface area contributed by atoms with Crippen LogP contribution in [-0.4, -0.2) is 55.7 Å². The van der Waals surface area contributed by atoms with Gasteiger partial charge in [-0.3, -0.25) is 0 Å². The van der Waals surface area contributed by atoms with E-state index in [-0.39, 0.29) is 11.8 Å². The van der Waals surface area contributed by atoms with Crippen molar-refractivity contribution in [2.75, 3.05) is 36.8 Å². The molecule has 1 saturated heterocycles. The Labute approximate surface area is 184 Å². The number of piperazine rings is 1. The van der Waals surface area contributed by atoms with E-state index in [4.69, 9.17) is 0 Å². The van der Waals surface area contributed by atoms with Gasteiger partial charge in [-0.15, -0.1) is 0 Å². The Morgan fingerprint density at radius 1 is 1.00 bits per heavy atom. The summed E-state index contributed by atoms with van der Waals surface area (Å²) in [7, 11) is -3.10. The highest BCUT2D eigenvalue weighted by Gasteiger charge is 2.29. The summed E-state index contributed by atoms with van der Waals surface area (Å²) in [6.07, 6.45) is 1.03. The van der Waals surface area contributed by atoms with Gasteiger partial charge in [0.05, 0.1) is 11.8 Å². The Hall–Kier alpha value is -2.35. The fraction of sp³-hybridized carbons (Fsp3) is 0.417. The van der Waals surface area contributed by atoms with E-state index in [9.17, 15) is 8.42 Å². The lowest BCUT2D eigenvalue weighted by molar-refractivity contribution is 0.385. The molecule has 0 radical (unpaired) electrons. The molecule has 2 N–H and O–H groups in total. The zero-order chi connectivity index (χ0) is 21.6. The molecule has 0 bridgehead atoms. The first kappa shape index (κ1) is 20.5. The molecule has 0 aliphatic carbocycles. The largest absolute Gasteiger partial charge is 0.369 e. The molecular formula is C24H30N4O2S. The Morgan fingerprint density at radius 3 is 2.42 bits per heavy atom. The highest BCUT2D eigenvalue weighted by atomic mass is 32.2. The number of H-pyrrole nitrogens is 1. The van der Waals surface area contributed by atoms with Crippen LogP contribution in [0.1, 0.15) is 36.7 Å². The number of sulfonamides is 1. The average molecular weight is 439 g/mol. The molecule has 2 aliphatic heterocycles. The second-order valence-electron chi connectivity index (χ2n) is 8.65. The zero-order valence-electron chi connectivity index (χ0n) is 18.1. The Kier molecular flexibility index (Phi) is 5.28. The van der Waals surface area contributed by atoms with Gasteiger partial charge in [0.25, 0.3) is 0 Å². The first-order chi connectivity index (χ1) is 15.0. The number of benzene rings is 2. The molecule has 2 atom stereocenters. The Balaban J connectivity index is 1.37. The Bertz CT molecular complexity index is 1180. The van der Waals surface area contributed by atoms with Crippen molar-refractivity contribution in [2.45, 2.75) is 32.4 Å². The van der Waals surface area contributed by atoms with Crippen LogP contribution in [-0.2, 0) is 16.4 Å².